The standard InChI is InChI=1S/C22H29N3O7S2/c1-17-14-20(8-9-21(17)31-3)33(27,28)24(2)16-22(26)23-15-18-4-6-19(7-5-18)34(29,30)25-10-12-32-13-11-25/h4-9,14H,10-13,15-16H2,1-3H3,(H,23,26). The lowest BCUT2D eigenvalue weighted by Gasteiger charge is -2.26. The summed E-state index contributed by atoms with van der Waals surface area (Å²) in [5, 5.41) is 2.66. The van der Waals surface area contributed by atoms with E-state index < -0.39 is 26.0 Å². The molecule has 2 aromatic carbocycles. The van der Waals surface area contributed by atoms with Crippen LogP contribution >= 0.6 is 0 Å². The van der Waals surface area contributed by atoms with Crippen molar-refractivity contribution in [3.8, 4) is 5.75 Å². The van der Waals surface area contributed by atoms with Crippen molar-refractivity contribution in [1.82, 2.24) is 13.9 Å². The van der Waals surface area contributed by atoms with E-state index in [1.54, 1.807) is 25.1 Å². The number of nitrogens with zero attached hydrogens (tertiary/aromatic N) is 2. The Kier molecular flexibility index (Phi) is 8.31. The number of sulfonamides is 2. The molecule has 10 nitrogen and oxygen atoms in total. The van der Waals surface area contributed by atoms with Gasteiger partial charge in [-0.05, 0) is 48.4 Å². The van der Waals surface area contributed by atoms with Gasteiger partial charge in [0.25, 0.3) is 0 Å². The molecule has 1 aliphatic rings. The number of likely N-dealkylation sites (N-methyl/N-ethyl adjacent to an activating group) is 1. The number of aryl methyl sites for hydroxylation is 1. The number of carbonyl (C=O) groups is 1. The SMILES string of the molecule is COc1ccc(S(=O)(=O)N(C)CC(=O)NCc2ccc(S(=O)(=O)N3CCOCC3)cc2)cc1C. The summed E-state index contributed by atoms with van der Waals surface area (Å²) >= 11 is 0. The van der Waals surface area contributed by atoms with Gasteiger partial charge in [0.15, 0.2) is 0 Å². The number of ether oxygens (including phenoxy) is 2. The zero-order valence-electron chi connectivity index (χ0n) is 19.4. The molecule has 1 aliphatic heterocycles. The highest BCUT2D eigenvalue weighted by Crippen LogP contribution is 2.23. The van der Waals surface area contributed by atoms with Gasteiger partial charge in [-0.3, -0.25) is 4.79 Å². The van der Waals surface area contributed by atoms with Gasteiger partial charge in [-0.1, -0.05) is 12.1 Å². The number of benzene rings is 2. The van der Waals surface area contributed by atoms with Crippen LogP contribution in [0.15, 0.2) is 52.3 Å². The minimum absolute atomic E-state index is 0.0677. The smallest absolute Gasteiger partial charge is 0.243 e. The Balaban J connectivity index is 1.57. The molecule has 1 N–H and O–H groups in total. The molecule has 0 saturated carbocycles. The summed E-state index contributed by atoms with van der Waals surface area (Å²) in [5.41, 5.74) is 1.35. The average Bonchev–Trinajstić information content (AvgIpc) is 2.83. The first-order valence-corrected chi connectivity index (χ1v) is 13.5. The van der Waals surface area contributed by atoms with E-state index in [0.717, 1.165) is 4.31 Å². The third kappa shape index (κ3) is 5.94. The van der Waals surface area contributed by atoms with Crippen LogP contribution < -0.4 is 10.1 Å². The van der Waals surface area contributed by atoms with Gasteiger partial charge >= 0.3 is 0 Å². The van der Waals surface area contributed by atoms with E-state index in [1.807, 2.05) is 0 Å². The monoisotopic (exact) mass is 511 g/mol. The molecule has 3 rings (SSSR count). The molecule has 1 saturated heterocycles. The lowest BCUT2D eigenvalue weighted by Crippen LogP contribution is -2.40. The van der Waals surface area contributed by atoms with Crippen molar-refractivity contribution in [2.75, 3.05) is 47.0 Å². The fourth-order valence-electron chi connectivity index (χ4n) is 3.45. The van der Waals surface area contributed by atoms with Crippen LogP contribution in [0.2, 0.25) is 0 Å². The molecule has 0 aromatic heterocycles. The molecule has 1 amide bonds. The fourth-order valence-corrected chi connectivity index (χ4v) is 6.07. The van der Waals surface area contributed by atoms with Crippen LogP contribution in [-0.2, 0) is 36.1 Å². The zero-order chi connectivity index (χ0) is 24.9. The van der Waals surface area contributed by atoms with Gasteiger partial charge in [0.2, 0.25) is 26.0 Å². The molecular formula is C22H29N3O7S2. The third-order valence-electron chi connectivity index (χ3n) is 5.46. The summed E-state index contributed by atoms with van der Waals surface area (Å²) in [5.74, 6) is 0.0874. The quantitative estimate of drug-likeness (QED) is 0.532. The summed E-state index contributed by atoms with van der Waals surface area (Å²) in [6, 6.07) is 10.7. The number of hydrogen-bond acceptors (Lipinski definition) is 7. The molecule has 0 radical (unpaired) electrons. The molecule has 0 bridgehead atoms. The Bertz CT molecular complexity index is 1220. The number of hydrogen-bond donors (Lipinski definition) is 1. The Labute approximate surface area is 200 Å². The zero-order valence-corrected chi connectivity index (χ0v) is 21.0. The first-order valence-electron chi connectivity index (χ1n) is 10.6. The number of rotatable bonds is 9. The minimum Gasteiger partial charge on any atom is -0.496 e. The van der Waals surface area contributed by atoms with Crippen LogP contribution in [0.5, 0.6) is 5.75 Å². The maximum Gasteiger partial charge on any atom is 0.243 e. The van der Waals surface area contributed by atoms with Gasteiger partial charge in [0, 0.05) is 26.7 Å². The second-order valence-electron chi connectivity index (χ2n) is 7.83. The molecule has 0 atom stereocenters. The van der Waals surface area contributed by atoms with Gasteiger partial charge in [-0.15, -0.1) is 0 Å². The molecule has 1 fully saturated rings. The Morgan fingerprint density at radius 3 is 2.26 bits per heavy atom. The summed E-state index contributed by atoms with van der Waals surface area (Å²) in [7, 11) is -4.62. The van der Waals surface area contributed by atoms with Crippen LogP contribution in [0.25, 0.3) is 0 Å². The minimum atomic E-state index is -3.86. The number of carbonyl (C=O) groups excluding carboxylic acids is 1. The predicted octanol–water partition coefficient (Wildman–Crippen LogP) is 0.961. The predicted molar refractivity (Wildman–Crippen MR) is 125 cm³/mol. The summed E-state index contributed by atoms with van der Waals surface area (Å²) in [6.07, 6.45) is 0. The maximum absolute atomic E-state index is 12.8. The number of methoxy groups -OCH3 is 1. The molecule has 34 heavy (non-hydrogen) atoms. The van der Waals surface area contributed by atoms with Crippen molar-refractivity contribution in [3.63, 3.8) is 0 Å². The lowest BCUT2D eigenvalue weighted by atomic mass is 10.2. The molecule has 186 valence electrons. The molecule has 0 spiro atoms. The highest BCUT2D eigenvalue weighted by atomic mass is 32.2. The first kappa shape index (κ1) is 26.1. The normalized spacial score (nSPS) is 15.3. The van der Waals surface area contributed by atoms with E-state index in [0.29, 0.717) is 43.2 Å². The van der Waals surface area contributed by atoms with Crippen LogP contribution in [0.4, 0.5) is 0 Å². The molecule has 12 heteroatoms. The average molecular weight is 512 g/mol. The van der Waals surface area contributed by atoms with Crippen LogP contribution in [0.1, 0.15) is 11.1 Å². The second kappa shape index (κ2) is 10.8. The van der Waals surface area contributed by atoms with Crippen molar-refractivity contribution in [1.29, 1.82) is 0 Å². The van der Waals surface area contributed by atoms with E-state index in [1.165, 1.54) is 42.7 Å². The van der Waals surface area contributed by atoms with E-state index >= 15 is 0 Å². The summed E-state index contributed by atoms with van der Waals surface area (Å²) in [4.78, 5) is 12.6. The third-order valence-corrected chi connectivity index (χ3v) is 9.17. The van der Waals surface area contributed by atoms with Gasteiger partial charge in [-0.25, -0.2) is 16.8 Å². The van der Waals surface area contributed by atoms with Crippen LogP contribution in [0, 0.1) is 6.92 Å². The number of nitrogens with one attached hydrogen (secondary N) is 1. The molecular weight excluding hydrogens is 482 g/mol. The molecule has 1 heterocycles. The Morgan fingerprint density at radius 1 is 1.06 bits per heavy atom. The second-order valence-corrected chi connectivity index (χ2v) is 11.8. The highest BCUT2D eigenvalue weighted by molar-refractivity contribution is 7.89. The summed E-state index contributed by atoms with van der Waals surface area (Å²) < 4.78 is 63.7. The van der Waals surface area contributed by atoms with Crippen LogP contribution in [0.3, 0.4) is 0 Å². The van der Waals surface area contributed by atoms with Gasteiger partial charge in [0.05, 0.1) is 36.7 Å². The van der Waals surface area contributed by atoms with Gasteiger partial charge < -0.3 is 14.8 Å². The molecule has 0 unspecified atom stereocenters. The first-order chi connectivity index (χ1) is 16.1. The maximum atomic E-state index is 12.8. The van der Waals surface area contributed by atoms with E-state index in [-0.39, 0.29) is 22.9 Å². The van der Waals surface area contributed by atoms with Crippen molar-refractivity contribution < 1.29 is 31.1 Å². The van der Waals surface area contributed by atoms with E-state index in [2.05, 4.69) is 5.32 Å². The largest absolute Gasteiger partial charge is 0.496 e. The number of morpholine rings is 1. The van der Waals surface area contributed by atoms with Gasteiger partial charge in [0.1, 0.15) is 5.75 Å². The Morgan fingerprint density at radius 2 is 1.68 bits per heavy atom. The van der Waals surface area contributed by atoms with Gasteiger partial charge in [-0.2, -0.15) is 8.61 Å². The van der Waals surface area contributed by atoms with Crippen molar-refractivity contribution in [2.45, 2.75) is 23.3 Å². The molecule has 2 aromatic rings. The highest BCUT2D eigenvalue weighted by Gasteiger charge is 2.26. The topological polar surface area (TPSA) is 122 Å². The summed E-state index contributed by atoms with van der Waals surface area (Å²) in [6.45, 7) is 2.86. The Hall–Kier alpha value is -2.51. The fraction of sp³-hybridized carbons (Fsp3) is 0.409. The van der Waals surface area contributed by atoms with E-state index in [4.69, 9.17) is 9.47 Å². The van der Waals surface area contributed by atoms with Crippen molar-refractivity contribution in [3.05, 3.63) is 53.6 Å². The van der Waals surface area contributed by atoms with Crippen molar-refractivity contribution in [2.24, 2.45) is 0 Å². The van der Waals surface area contributed by atoms with Crippen LogP contribution in [-0.4, -0.2) is 78.4 Å². The van der Waals surface area contributed by atoms with Crippen molar-refractivity contribution >= 4 is 26.0 Å². The van der Waals surface area contributed by atoms with E-state index in [9.17, 15) is 21.6 Å². The lowest BCUT2D eigenvalue weighted by molar-refractivity contribution is -0.121. The number of amides is 1. The molecule has 0 aliphatic carbocycles.